The van der Waals surface area contributed by atoms with Crippen LogP contribution >= 0.6 is 7.75 Å². The van der Waals surface area contributed by atoms with Crippen molar-refractivity contribution in [3.05, 3.63) is 0 Å². The monoisotopic (exact) mass is 164 g/mol. The summed E-state index contributed by atoms with van der Waals surface area (Å²) >= 11 is 0. The molecule has 0 saturated carbocycles. The van der Waals surface area contributed by atoms with Crippen LogP contribution in [0, 0.1) is 0 Å². The summed E-state index contributed by atoms with van der Waals surface area (Å²) in [6.07, 6.45) is 0.888. The smallest absolute Gasteiger partial charge is 0.307 e. The van der Waals surface area contributed by atoms with Crippen molar-refractivity contribution in [2.75, 3.05) is 6.54 Å². The van der Waals surface area contributed by atoms with Crippen molar-refractivity contribution in [1.29, 1.82) is 0 Å². The third-order valence-electron chi connectivity index (χ3n) is 0.933. The van der Waals surface area contributed by atoms with E-state index in [1.807, 2.05) is 0 Å². The molecule has 0 atom stereocenters. The number of carbonyl (C=O) groups is 1. The minimum absolute atomic E-state index is 0.329. The number of Topliss-reactive ketones (excluding diaryl/α,β-unsaturated/α-hetero) is 1. The maximum atomic E-state index is 10.4. The largest absolute Gasteiger partial charge is 0.446 e. The summed E-state index contributed by atoms with van der Waals surface area (Å²) in [6.45, 7) is -0.329. The second kappa shape index (κ2) is 2.16. The van der Waals surface area contributed by atoms with E-state index in [4.69, 9.17) is 9.79 Å². The van der Waals surface area contributed by atoms with Crippen LogP contribution in [0.15, 0.2) is 5.10 Å². The summed E-state index contributed by atoms with van der Waals surface area (Å²) < 4.78 is 10.8. The Morgan fingerprint density at radius 2 is 2.30 bits per heavy atom. The molecule has 0 radical (unpaired) electrons. The van der Waals surface area contributed by atoms with Crippen LogP contribution in [0.2, 0.25) is 0 Å². The molecule has 0 aliphatic carbocycles. The Morgan fingerprint density at radius 1 is 1.70 bits per heavy atom. The van der Waals surface area contributed by atoms with Gasteiger partial charge >= 0.3 is 7.75 Å². The predicted octanol–water partition coefficient (Wildman–Crippen LogP) is -1.05. The van der Waals surface area contributed by atoms with E-state index in [-0.39, 0.29) is 6.54 Å². The van der Waals surface area contributed by atoms with Gasteiger partial charge in [0.05, 0.1) is 6.21 Å². The van der Waals surface area contributed by atoms with Crippen molar-refractivity contribution in [3.8, 4) is 0 Å². The minimum atomic E-state index is -4.34. The van der Waals surface area contributed by atoms with E-state index in [0.29, 0.717) is 4.78 Å². The predicted molar refractivity (Wildman–Crippen MR) is 32.2 cm³/mol. The lowest BCUT2D eigenvalue weighted by Gasteiger charge is -2.12. The zero-order valence-corrected chi connectivity index (χ0v) is 5.73. The topological polar surface area (TPSA) is 90.2 Å². The van der Waals surface area contributed by atoms with E-state index in [2.05, 4.69) is 5.10 Å². The molecule has 0 fully saturated rings. The Balaban J connectivity index is 2.73. The van der Waals surface area contributed by atoms with Crippen LogP contribution in [0.5, 0.6) is 0 Å². The molecule has 10 heavy (non-hydrogen) atoms. The quantitative estimate of drug-likeness (QED) is 0.482. The first-order valence-electron chi connectivity index (χ1n) is 2.40. The number of nitrogens with zero attached hydrogens (tertiary/aromatic N) is 2. The number of ketones is 1. The van der Waals surface area contributed by atoms with E-state index in [9.17, 15) is 9.36 Å². The van der Waals surface area contributed by atoms with Crippen molar-refractivity contribution in [1.82, 2.24) is 4.78 Å². The zero-order chi connectivity index (χ0) is 7.78. The molecule has 56 valence electrons. The first-order valence-corrected chi connectivity index (χ1v) is 3.97. The van der Waals surface area contributed by atoms with Crippen molar-refractivity contribution in [2.45, 2.75) is 0 Å². The van der Waals surface area contributed by atoms with Crippen LogP contribution in [-0.2, 0) is 9.36 Å². The Hall–Kier alpha value is -0.710. The second-order valence-electron chi connectivity index (χ2n) is 1.75. The van der Waals surface area contributed by atoms with Crippen molar-refractivity contribution >= 4 is 19.7 Å². The molecule has 2 N–H and O–H groups in total. The van der Waals surface area contributed by atoms with Crippen LogP contribution in [0.4, 0.5) is 0 Å². The van der Waals surface area contributed by atoms with Gasteiger partial charge < -0.3 is 9.79 Å². The highest BCUT2D eigenvalue weighted by molar-refractivity contribution is 7.49. The molecule has 0 amide bonds. The van der Waals surface area contributed by atoms with Gasteiger partial charge in [0.2, 0.25) is 0 Å². The highest BCUT2D eigenvalue weighted by Crippen LogP contribution is 2.40. The van der Waals surface area contributed by atoms with Gasteiger partial charge in [0.1, 0.15) is 6.54 Å². The third kappa shape index (κ3) is 1.41. The summed E-state index contributed by atoms with van der Waals surface area (Å²) in [6, 6.07) is 0. The normalized spacial score (nSPS) is 18.6. The highest BCUT2D eigenvalue weighted by atomic mass is 31.2. The van der Waals surface area contributed by atoms with Gasteiger partial charge in [-0.1, -0.05) is 0 Å². The molecule has 1 aliphatic rings. The highest BCUT2D eigenvalue weighted by Gasteiger charge is 2.28. The maximum absolute atomic E-state index is 10.4. The van der Waals surface area contributed by atoms with Gasteiger partial charge in [0.25, 0.3) is 0 Å². The molecule has 1 heterocycles. The molecule has 0 aromatic heterocycles. The molecule has 0 spiro atoms. The second-order valence-corrected chi connectivity index (χ2v) is 3.24. The number of carbonyl (C=O) groups excluding carboxylic acids is 1. The Labute approximate surface area is 56.4 Å². The standard InChI is InChI=1S/C3H5N2O4P/c6-3-1-4-5(2-3)10(7,8)9/h1H,2H2,(H2,7,8,9). The molecule has 1 rings (SSSR count). The number of hydrogen-bond acceptors (Lipinski definition) is 3. The van der Waals surface area contributed by atoms with Crippen molar-refractivity contribution < 1.29 is 19.1 Å². The average Bonchev–Trinajstić information content (AvgIpc) is 2.11. The number of hydrazone groups is 1. The molecule has 0 bridgehead atoms. The Morgan fingerprint density at radius 3 is 2.50 bits per heavy atom. The zero-order valence-electron chi connectivity index (χ0n) is 4.84. The van der Waals surface area contributed by atoms with E-state index >= 15 is 0 Å². The third-order valence-corrected chi connectivity index (χ3v) is 1.78. The summed E-state index contributed by atoms with van der Waals surface area (Å²) in [5.41, 5.74) is 0. The molecule has 0 aromatic carbocycles. The van der Waals surface area contributed by atoms with E-state index in [0.717, 1.165) is 6.21 Å². The van der Waals surface area contributed by atoms with Gasteiger partial charge in [0.15, 0.2) is 5.78 Å². The van der Waals surface area contributed by atoms with Gasteiger partial charge in [-0.3, -0.25) is 4.79 Å². The summed E-state index contributed by atoms with van der Waals surface area (Å²) in [5.74, 6) is -0.400. The lowest BCUT2D eigenvalue weighted by Crippen LogP contribution is -2.14. The molecule has 0 unspecified atom stereocenters. The molecule has 0 aromatic rings. The van der Waals surface area contributed by atoms with Crippen molar-refractivity contribution in [2.24, 2.45) is 5.10 Å². The van der Waals surface area contributed by atoms with Crippen LogP contribution in [-0.4, -0.2) is 33.1 Å². The summed E-state index contributed by atoms with van der Waals surface area (Å²) in [5, 5.41) is 3.18. The Kier molecular flexibility index (Phi) is 1.60. The lowest BCUT2D eigenvalue weighted by molar-refractivity contribution is -0.112. The molecular weight excluding hydrogens is 159 g/mol. The molecule has 1 aliphatic heterocycles. The summed E-state index contributed by atoms with van der Waals surface area (Å²) in [7, 11) is -4.34. The molecular formula is C3H5N2O4P. The van der Waals surface area contributed by atoms with Crippen LogP contribution in [0.1, 0.15) is 0 Å². The molecule has 7 heteroatoms. The fraction of sp³-hybridized carbons (Fsp3) is 0.333. The van der Waals surface area contributed by atoms with E-state index in [1.54, 1.807) is 0 Å². The van der Waals surface area contributed by atoms with E-state index < -0.39 is 13.5 Å². The van der Waals surface area contributed by atoms with Gasteiger partial charge in [-0.15, -0.1) is 0 Å². The SMILES string of the molecule is O=C1C=NN(P(=O)(O)O)C1. The fourth-order valence-corrected chi connectivity index (χ4v) is 1.02. The van der Waals surface area contributed by atoms with Gasteiger partial charge in [0, 0.05) is 0 Å². The van der Waals surface area contributed by atoms with Crippen LogP contribution in [0.25, 0.3) is 0 Å². The first kappa shape index (κ1) is 7.40. The maximum Gasteiger partial charge on any atom is 0.446 e. The van der Waals surface area contributed by atoms with Crippen LogP contribution in [0.3, 0.4) is 0 Å². The van der Waals surface area contributed by atoms with Crippen molar-refractivity contribution in [3.63, 3.8) is 0 Å². The van der Waals surface area contributed by atoms with Crippen LogP contribution < -0.4 is 0 Å². The fourth-order valence-electron chi connectivity index (χ4n) is 0.511. The Bertz CT molecular complexity index is 231. The number of hydrogen-bond donors (Lipinski definition) is 2. The summed E-state index contributed by atoms with van der Waals surface area (Å²) in [4.78, 5) is 27.2. The average molecular weight is 164 g/mol. The minimum Gasteiger partial charge on any atom is -0.307 e. The number of rotatable bonds is 1. The lowest BCUT2D eigenvalue weighted by atomic mass is 10.5. The van der Waals surface area contributed by atoms with Gasteiger partial charge in [-0.2, -0.15) is 9.88 Å². The molecule has 0 saturated heterocycles. The van der Waals surface area contributed by atoms with E-state index in [1.165, 1.54) is 0 Å². The first-order chi connectivity index (χ1) is 4.50. The molecule has 6 nitrogen and oxygen atoms in total. The van der Waals surface area contributed by atoms with Gasteiger partial charge in [-0.05, 0) is 0 Å². The van der Waals surface area contributed by atoms with Gasteiger partial charge in [-0.25, -0.2) is 4.57 Å².